The highest BCUT2D eigenvalue weighted by Gasteiger charge is 2.60. The van der Waals surface area contributed by atoms with E-state index >= 15 is 0 Å². The Morgan fingerprint density at radius 2 is 1.22 bits per heavy atom. The van der Waals surface area contributed by atoms with E-state index in [1.807, 2.05) is 91.0 Å². The monoisotopic (exact) mass is 434 g/mol. The molecule has 1 heterocycles. The van der Waals surface area contributed by atoms with Crippen LogP contribution in [-0.2, 0) is 24.0 Å². The second-order valence-electron chi connectivity index (χ2n) is 8.75. The van der Waals surface area contributed by atoms with E-state index in [-0.39, 0.29) is 25.7 Å². The van der Waals surface area contributed by atoms with Gasteiger partial charge in [0.05, 0.1) is 6.10 Å². The van der Waals surface area contributed by atoms with Crippen LogP contribution in [0.5, 0.6) is 0 Å². The summed E-state index contributed by atoms with van der Waals surface area (Å²) in [5.74, 6) is 0. The minimum absolute atomic E-state index is 0.0699. The first-order valence-electron chi connectivity index (χ1n) is 11.0. The van der Waals surface area contributed by atoms with E-state index in [2.05, 4.69) is 0 Å². The van der Waals surface area contributed by atoms with Gasteiger partial charge in [-0.15, -0.1) is 0 Å². The Bertz CT molecular complexity index is 981. The lowest BCUT2D eigenvalue weighted by Crippen LogP contribution is -2.71. The van der Waals surface area contributed by atoms with E-state index < -0.39 is 29.7 Å². The molecule has 4 N–H and O–H groups in total. The maximum Gasteiger partial charge on any atom is 0.158 e. The third-order valence-corrected chi connectivity index (χ3v) is 6.39. The molecule has 0 bridgehead atoms. The number of hydrogen-bond acceptors (Lipinski definition) is 5. The van der Waals surface area contributed by atoms with Crippen LogP contribution in [0.2, 0.25) is 0 Å². The van der Waals surface area contributed by atoms with Crippen molar-refractivity contribution in [2.45, 2.75) is 55.4 Å². The second-order valence-corrected chi connectivity index (χ2v) is 8.75. The van der Waals surface area contributed by atoms with Crippen molar-refractivity contribution >= 4 is 0 Å². The predicted molar refractivity (Wildman–Crippen MR) is 122 cm³/mol. The number of aliphatic hydroxyl groups is 4. The van der Waals surface area contributed by atoms with Crippen molar-refractivity contribution in [2.24, 2.45) is 0 Å². The van der Waals surface area contributed by atoms with Crippen LogP contribution in [0.1, 0.15) is 23.1 Å². The van der Waals surface area contributed by atoms with Gasteiger partial charge in [0.25, 0.3) is 0 Å². The quantitative estimate of drug-likeness (QED) is 0.459. The molecule has 4 rings (SSSR count). The fraction of sp³-hybridized carbons (Fsp3) is 0.333. The zero-order valence-corrected chi connectivity index (χ0v) is 17.9. The van der Waals surface area contributed by atoms with Gasteiger partial charge in [0.2, 0.25) is 0 Å². The molecule has 1 aliphatic rings. The van der Waals surface area contributed by atoms with Gasteiger partial charge in [-0.05, 0) is 16.7 Å². The lowest BCUT2D eigenvalue weighted by molar-refractivity contribution is -0.326. The van der Waals surface area contributed by atoms with Crippen molar-refractivity contribution in [2.75, 3.05) is 0 Å². The normalized spacial score (nSPS) is 28.9. The van der Waals surface area contributed by atoms with E-state index in [9.17, 15) is 20.4 Å². The van der Waals surface area contributed by atoms with Gasteiger partial charge in [0, 0.05) is 25.7 Å². The van der Waals surface area contributed by atoms with Gasteiger partial charge in [-0.25, -0.2) is 0 Å². The third kappa shape index (κ3) is 4.77. The summed E-state index contributed by atoms with van der Waals surface area (Å²) in [6.45, 7) is 0. The Kier molecular flexibility index (Phi) is 6.74. The molecule has 5 nitrogen and oxygen atoms in total. The van der Waals surface area contributed by atoms with Gasteiger partial charge in [0.15, 0.2) is 6.29 Å². The lowest BCUT2D eigenvalue weighted by atomic mass is 9.66. The van der Waals surface area contributed by atoms with Crippen molar-refractivity contribution in [3.8, 4) is 0 Å². The topological polar surface area (TPSA) is 90.2 Å². The number of benzene rings is 3. The summed E-state index contributed by atoms with van der Waals surface area (Å²) in [5, 5.41) is 45.6. The summed E-state index contributed by atoms with van der Waals surface area (Å²) in [7, 11) is 0. The van der Waals surface area contributed by atoms with Crippen LogP contribution in [0, 0.1) is 0 Å². The van der Waals surface area contributed by atoms with Gasteiger partial charge in [-0.1, -0.05) is 91.0 Å². The first kappa shape index (κ1) is 22.6. The first-order chi connectivity index (χ1) is 15.4. The molecule has 0 amide bonds. The molecule has 32 heavy (non-hydrogen) atoms. The van der Waals surface area contributed by atoms with E-state index in [1.54, 1.807) is 0 Å². The third-order valence-electron chi connectivity index (χ3n) is 6.39. The summed E-state index contributed by atoms with van der Waals surface area (Å²) < 4.78 is 5.74. The van der Waals surface area contributed by atoms with Crippen LogP contribution in [-0.4, -0.2) is 50.1 Å². The van der Waals surface area contributed by atoms with E-state index in [0.29, 0.717) is 0 Å². The molecular formula is C27H30O5. The number of hydrogen-bond donors (Lipinski definition) is 4. The van der Waals surface area contributed by atoms with Crippen molar-refractivity contribution < 1.29 is 25.2 Å². The largest absolute Gasteiger partial charge is 0.390 e. The van der Waals surface area contributed by atoms with Gasteiger partial charge in [-0.2, -0.15) is 0 Å². The summed E-state index contributed by atoms with van der Waals surface area (Å²) in [4.78, 5) is 0. The molecular weight excluding hydrogens is 404 g/mol. The van der Waals surface area contributed by atoms with Gasteiger partial charge >= 0.3 is 0 Å². The minimum atomic E-state index is -1.84. The Hall–Kier alpha value is -2.54. The fourth-order valence-electron chi connectivity index (χ4n) is 4.76. The van der Waals surface area contributed by atoms with Crippen LogP contribution < -0.4 is 0 Å². The number of rotatable bonds is 7. The molecule has 5 atom stereocenters. The molecule has 5 heteroatoms. The maximum absolute atomic E-state index is 12.1. The Morgan fingerprint density at radius 1 is 0.750 bits per heavy atom. The second kappa shape index (κ2) is 9.53. The van der Waals surface area contributed by atoms with Crippen LogP contribution in [0.15, 0.2) is 91.0 Å². The summed E-state index contributed by atoms with van der Waals surface area (Å²) in [6, 6.07) is 28.1. The molecule has 0 aromatic heterocycles. The van der Waals surface area contributed by atoms with E-state index in [1.165, 1.54) is 0 Å². The van der Waals surface area contributed by atoms with E-state index in [4.69, 9.17) is 4.74 Å². The Labute approximate surface area is 188 Å². The van der Waals surface area contributed by atoms with Crippen molar-refractivity contribution in [1.29, 1.82) is 0 Å². The summed E-state index contributed by atoms with van der Waals surface area (Å²) >= 11 is 0. The molecule has 3 aromatic rings. The molecule has 0 spiro atoms. The van der Waals surface area contributed by atoms with Crippen LogP contribution in [0.25, 0.3) is 0 Å². The maximum atomic E-state index is 12.1. The highest BCUT2D eigenvalue weighted by Crippen LogP contribution is 2.43. The zero-order chi connectivity index (χ0) is 22.6. The molecule has 1 aliphatic heterocycles. The Balaban J connectivity index is 1.72. The predicted octanol–water partition coefficient (Wildman–Crippen LogP) is 2.64. The molecule has 0 radical (unpaired) electrons. The van der Waals surface area contributed by atoms with Crippen molar-refractivity contribution in [3.05, 3.63) is 108 Å². The van der Waals surface area contributed by atoms with Gasteiger partial charge < -0.3 is 25.2 Å². The highest BCUT2D eigenvalue weighted by molar-refractivity contribution is 5.27. The lowest BCUT2D eigenvalue weighted by Gasteiger charge is -2.54. The van der Waals surface area contributed by atoms with Gasteiger partial charge in [0.1, 0.15) is 17.3 Å². The van der Waals surface area contributed by atoms with Crippen LogP contribution in [0.4, 0.5) is 0 Å². The van der Waals surface area contributed by atoms with E-state index in [0.717, 1.165) is 16.7 Å². The summed E-state index contributed by atoms with van der Waals surface area (Å²) in [5.41, 5.74) is -1.05. The van der Waals surface area contributed by atoms with Crippen LogP contribution in [0.3, 0.4) is 0 Å². The zero-order valence-electron chi connectivity index (χ0n) is 17.9. The molecule has 1 fully saturated rings. The average Bonchev–Trinajstić information content (AvgIpc) is 2.78. The fourth-order valence-corrected chi connectivity index (χ4v) is 4.76. The Morgan fingerprint density at radius 3 is 1.75 bits per heavy atom. The van der Waals surface area contributed by atoms with Gasteiger partial charge in [-0.3, -0.25) is 0 Å². The van der Waals surface area contributed by atoms with Crippen LogP contribution >= 0.6 is 0 Å². The molecule has 0 saturated carbocycles. The van der Waals surface area contributed by atoms with Crippen molar-refractivity contribution in [1.82, 2.24) is 0 Å². The smallest absolute Gasteiger partial charge is 0.158 e. The average molecular weight is 435 g/mol. The molecule has 168 valence electrons. The molecule has 3 aromatic carbocycles. The molecule has 1 unspecified atom stereocenters. The molecule has 1 saturated heterocycles. The summed E-state index contributed by atoms with van der Waals surface area (Å²) in [6.07, 6.45) is -3.40. The first-order valence-corrected chi connectivity index (χ1v) is 11.0. The number of aliphatic hydroxyl groups excluding tert-OH is 2. The van der Waals surface area contributed by atoms with Crippen molar-refractivity contribution in [3.63, 3.8) is 0 Å². The SMILES string of the molecule is OC(Cc1ccccc1)[C@H]1O[C@H](O)C[C@](O)(Cc2ccccc2)[C@@]1(O)Cc1ccccc1. The standard InChI is InChI=1S/C27H30O5/c28-23(16-20-10-4-1-5-11-20)25-27(31,18-22-14-8-3-9-15-22)26(30,19-24(29)32-25)17-21-12-6-2-7-13-21/h1-15,23-25,28-31H,16-19H2/t23?,24-,25+,26+,27+/m0/s1. The molecule has 0 aliphatic carbocycles. The minimum Gasteiger partial charge on any atom is -0.390 e. The number of ether oxygens (including phenoxy) is 1. The highest BCUT2D eigenvalue weighted by atomic mass is 16.6.